The lowest BCUT2D eigenvalue weighted by Gasteiger charge is -2.35. The molecule has 1 aromatic carbocycles. The predicted octanol–water partition coefficient (Wildman–Crippen LogP) is 3.06. The number of amides is 1. The number of benzene rings is 1. The first-order chi connectivity index (χ1) is 10.2. The Morgan fingerprint density at radius 3 is 2.38 bits per heavy atom. The first-order valence-corrected chi connectivity index (χ1v) is 8.42. The van der Waals surface area contributed by atoms with Crippen molar-refractivity contribution >= 4 is 11.6 Å². The molecular weight excluding hydrogens is 260 g/mol. The molecule has 1 saturated heterocycles. The third-order valence-corrected chi connectivity index (χ3v) is 4.69. The highest BCUT2D eigenvalue weighted by Gasteiger charge is 2.35. The molecule has 1 amide bonds. The third kappa shape index (κ3) is 2.98. The summed E-state index contributed by atoms with van der Waals surface area (Å²) in [4.78, 5) is 14.9. The van der Waals surface area contributed by atoms with Gasteiger partial charge in [-0.15, -0.1) is 0 Å². The normalized spacial score (nSPS) is 22.7. The number of hydrogen-bond donors (Lipinski definition) is 1. The van der Waals surface area contributed by atoms with Crippen LogP contribution in [0.4, 0.5) is 5.69 Å². The molecule has 1 aliphatic carbocycles. The Morgan fingerprint density at radius 2 is 1.81 bits per heavy atom. The van der Waals surface area contributed by atoms with E-state index in [1.165, 1.54) is 29.7 Å². The fraction of sp³-hybridized carbons (Fsp3) is 0.611. The first kappa shape index (κ1) is 14.6. The van der Waals surface area contributed by atoms with Crippen molar-refractivity contribution in [2.45, 2.75) is 64.5 Å². The van der Waals surface area contributed by atoms with Crippen molar-refractivity contribution in [3.63, 3.8) is 0 Å². The Labute approximate surface area is 127 Å². The minimum atomic E-state index is 0.0286. The Morgan fingerprint density at radius 1 is 1.14 bits per heavy atom. The van der Waals surface area contributed by atoms with E-state index in [1.54, 1.807) is 0 Å². The van der Waals surface area contributed by atoms with Crippen LogP contribution in [0.3, 0.4) is 0 Å². The van der Waals surface area contributed by atoms with E-state index in [1.807, 2.05) is 0 Å². The molecule has 2 aliphatic rings. The van der Waals surface area contributed by atoms with E-state index in [4.69, 9.17) is 0 Å². The number of hydrogen-bond acceptors (Lipinski definition) is 2. The van der Waals surface area contributed by atoms with Crippen LogP contribution in [0.25, 0.3) is 0 Å². The van der Waals surface area contributed by atoms with Gasteiger partial charge in [-0.3, -0.25) is 4.79 Å². The number of para-hydroxylation sites is 1. The fourth-order valence-corrected chi connectivity index (χ4v) is 3.35. The Hall–Kier alpha value is -1.35. The summed E-state index contributed by atoms with van der Waals surface area (Å²) in [6.45, 7) is 5.21. The maximum Gasteiger partial charge on any atom is 0.244 e. The molecule has 3 rings (SSSR count). The monoisotopic (exact) mass is 286 g/mol. The third-order valence-electron chi connectivity index (χ3n) is 4.69. The van der Waals surface area contributed by atoms with Crippen LogP contribution in [0.5, 0.6) is 0 Å². The molecule has 3 nitrogen and oxygen atoms in total. The number of anilines is 1. The number of aryl methyl sites for hydroxylation is 2. The minimum Gasteiger partial charge on any atom is -0.311 e. The van der Waals surface area contributed by atoms with Crippen molar-refractivity contribution in [2.24, 2.45) is 0 Å². The molecule has 1 N–H and O–H groups in total. The van der Waals surface area contributed by atoms with Crippen molar-refractivity contribution in [3.8, 4) is 0 Å². The van der Waals surface area contributed by atoms with Crippen molar-refractivity contribution in [1.29, 1.82) is 0 Å². The lowest BCUT2D eigenvalue weighted by Crippen LogP contribution is -2.52. The highest BCUT2D eigenvalue weighted by molar-refractivity contribution is 5.99. The predicted molar refractivity (Wildman–Crippen MR) is 86.7 cm³/mol. The number of carbonyl (C=O) groups is 1. The summed E-state index contributed by atoms with van der Waals surface area (Å²) in [5.41, 5.74) is 3.79. The summed E-state index contributed by atoms with van der Waals surface area (Å²) in [5, 5.41) is 3.53. The van der Waals surface area contributed by atoms with Gasteiger partial charge in [0.25, 0.3) is 0 Å². The number of nitrogens with one attached hydrogen (secondary N) is 1. The average molecular weight is 286 g/mol. The summed E-state index contributed by atoms with van der Waals surface area (Å²) in [5.74, 6) is 0.281. The SMILES string of the molecule is CCc1cccc(CC)c1N1CCCC(NC2CC2)C1=O. The molecule has 1 saturated carbocycles. The lowest BCUT2D eigenvalue weighted by molar-refractivity contribution is -0.121. The van der Waals surface area contributed by atoms with Gasteiger partial charge in [0.1, 0.15) is 0 Å². The van der Waals surface area contributed by atoms with Crippen molar-refractivity contribution < 1.29 is 4.79 Å². The molecule has 21 heavy (non-hydrogen) atoms. The van der Waals surface area contributed by atoms with Crippen LogP contribution in [0.1, 0.15) is 50.7 Å². The van der Waals surface area contributed by atoms with E-state index < -0.39 is 0 Å². The average Bonchev–Trinajstić information content (AvgIpc) is 3.32. The maximum absolute atomic E-state index is 12.9. The molecule has 1 heterocycles. The molecule has 114 valence electrons. The lowest BCUT2D eigenvalue weighted by atomic mass is 9.97. The number of rotatable bonds is 5. The van der Waals surface area contributed by atoms with Crippen LogP contribution in [-0.4, -0.2) is 24.5 Å². The Bertz CT molecular complexity index is 500. The zero-order valence-electron chi connectivity index (χ0n) is 13.2. The van der Waals surface area contributed by atoms with Gasteiger partial charge in [0.05, 0.1) is 11.7 Å². The summed E-state index contributed by atoms with van der Waals surface area (Å²) in [6, 6.07) is 7.07. The summed E-state index contributed by atoms with van der Waals surface area (Å²) in [6.07, 6.45) is 6.51. The Balaban J connectivity index is 1.89. The molecule has 0 spiro atoms. The van der Waals surface area contributed by atoms with E-state index in [9.17, 15) is 4.79 Å². The second-order valence-electron chi connectivity index (χ2n) is 6.26. The van der Waals surface area contributed by atoms with Gasteiger partial charge in [-0.25, -0.2) is 0 Å². The van der Waals surface area contributed by atoms with Gasteiger partial charge >= 0.3 is 0 Å². The van der Waals surface area contributed by atoms with Crippen LogP contribution in [0.2, 0.25) is 0 Å². The largest absolute Gasteiger partial charge is 0.311 e. The number of carbonyl (C=O) groups excluding carboxylic acids is 1. The Kier molecular flexibility index (Phi) is 4.29. The summed E-state index contributed by atoms with van der Waals surface area (Å²) >= 11 is 0. The molecular formula is C18H26N2O. The van der Waals surface area contributed by atoms with E-state index in [0.29, 0.717) is 6.04 Å². The number of piperidine rings is 1. The second-order valence-corrected chi connectivity index (χ2v) is 6.26. The molecule has 0 bridgehead atoms. The highest BCUT2D eigenvalue weighted by Crippen LogP contribution is 2.31. The van der Waals surface area contributed by atoms with Gasteiger partial charge in [0.15, 0.2) is 0 Å². The van der Waals surface area contributed by atoms with Crippen molar-refractivity contribution in [1.82, 2.24) is 5.32 Å². The highest BCUT2D eigenvalue weighted by atomic mass is 16.2. The zero-order chi connectivity index (χ0) is 14.8. The maximum atomic E-state index is 12.9. The molecule has 0 radical (unpaired) electrons. The van der Waals surface area contributed by atoms with Gasteiger partial charge in [-0.05, 0) is 49.7 Å². The summed E-state index contributed by atoms with van der Waals surface area (Å²) in [7, 11) is 0. The van der Waals surface area contributed by atoms with Crippen LogP contribution >= 0.6 is 0 Å². The molecule has 2 fully saturated rings. The molecule has 3 heteroatoms. The van der Waals surface area contributed by atoms with Gasteiger partial charge in [0, 0.05) is 12.6 Å². The van der Waals surface area contributed by atoms with Crippen LogP contribution < -0.4 is 10.2 Å². The standard InChI is InChI=1S/C18H26N2O/c1-3-13-7-5-8-14(4-2)17(13)20-12-6-9-16(18(20)21)19-15-10-11-15/h5,7-8,15-16,19H,3-4,6,9-12H2,1-2H3. The van der Waals surface area contributed by atoms with Gasteiger partial charge in [0.2, 0.25) is 5.91 Å². The zero-order valence-corrected chi connectivity index (χ0v) is 13.2. The van der Waals surface area contributed by atoms with Gasteiger partial charge in [-0.1, -0.05) is 32.0 Å². The quantitative estimate of drug-likeness (QED) is 0.902. The minimum absolute atomic E-state index is 0.0286. The number of nitrogens with zero attached hydrogens (tertiary/aromatic N) is 1. The van der Waals surface area contributed by atoms with Crippen LogP contribution in [-0.2, 0) is 17.6 Å². The van der Waals surface area contributed by atoms with Crippen LogP contribution in [0.15, 0.2) is 18.2 Å². The second kappa shape index (κ2) is 6.18. The van der Waals surface area contributed by atoms with Crippen molar-refractivity contribution in [2.75, 3.05) is 11.4 Å². The topological polar surface area (TPSA) is 32.3 Å². The van der Waals surface area contributed by atoms with E-state index in [2.05, 4.69) is 42.3 Å². The molecule has 1 unspecified atom stereocenters. The summed E-state index contributed by atoms with van der Waals surface area (Å²) < 4.78 is 0. The smallest absolute Gasteiger partial charge is 0.244 e. The fourth-order valence-electron chi connectivity index (χ4n) is 3.35. The molecule has 1 aliphatic heterocycles. The van der Waals surface area contributed by atoms with Crippen molar-refractivity contribution in [3.05, 3.63) is 29.3 Å². The van der Waals surface area contributed by atoms with E-state index in [-0.39, 0.29) is 11.9 Å². The van der Waals surface area contributed by atoms with Crippen LogP contribution in [0, 0.1) is 0 Å². The van der Waals surface area contributed by atoms with Gasteiger partial charge < -0.3 is 10.2 Å². The van der Waals surface area contributed by atoms with E-state index >= 15 is 0 Å². The molecule has 0 aromatic heterocycles. The first-order valence-electron chi connectivity index (χ1n) is 8.42. The van der Waals surface area contributed by atoms with E-state index in [0.717, 1.165) is 32.2 Å². The van der Waals surface area contributed by atoms with Gasteiger partial charge in [-0.2, -0.15) is 0 Å². The molecule has 1 atom stereocenters. The molecule has 1 aromatic rings.